The van der Waals surface area contributed by atoms with E-state index in [-0.39, 0.29) is 12.5 Å². The molecule has 0 bridgehead atoms. The molecule has 138 valence electrons. The fourth-order valence-electron chi connectivity index (χ4n) is 4.43. The molecule has 2 aliphatic rings. The molecule has 2 aromatic rings. The Morgan fingerprint density at radius 3 is 2.58 bits per heavy atom. The monoisotopic (exact) mass is 373 g/mol. The van der Waals surface area contributed by atoms with Crippen molar-refractivity contribution in [1.82, 2.24) is 14.7 Å². The summed E-state index contributed by atoms with van der Waals surface area (Å²) < 4.78 is 1.91. The first-order valence-corrected chi connectivity index (χ1v) is 9.72. The van der Waals surface area contributed by atoms with E-state index in [1.54, 1.807) is 0 Å². The summed E-state index contributed by atoms with van der Waals surface area (Å²) in [6, 6.07) is 9.71. The van der Waals surface area contributed by atoms with Gasteiger partial charge in [-0.25, -0.2) is 0 Å². The van der Waals surface area contributed by atoms with E-state index in [1.807, 2.05) is 39.9 Å². The highest BCUT2D eigenvalue weighted by molar-refractivity contribution is 6.30. The fraction of sp³-hybridized carbons (Fsp3) is 0.500. The van der Waals surface area contributed by atoms with E-state index < -0.39 is 5.41 Å². The Morgan fingerprint density at radius 2 is 1.88 bits per heavy atom. The molecule has 0 atom stereocenters. The molecular weight excluding hydrogens is 350 g/mol. The number of nitrogens with zero attached hydrogens (tertiary/aromatic N) is 3. The first-order valence-electron chi connectivity index (χ1n) is 9.34. The predicted molar refractivity (Wildman–Crippen MR) is 99.8 cm³/mol. The molecule has 26 heavy (non-hydrogen) atoms. The van der Waals surface area contributed by atoms with Crippen LogP contribution in [0.1, 0.15) is 49.1 Å². The van der Waals surface area contributed by atoms with Crippen molar-refractivity contribution in [3.8, 4) is 0 Å². The SMILES string of the molecule is O=C(N1CCn2nc(CO)cc2C1)C1(c2ccc(Cl)cc2)CCCCC1. The van der Waals surface area contributed by atoms with Gasteiger partial charge in [-0.2, -0.15) is 5.10 Å². The molecule has 1 aliphatic carbocycles. The van der Waals surface area contributed by atoms with Crippen LogP contribution in [0.15, 0.2) is 30.3 Å². The highest BCUT2D eigenvalue weighted by Gasteiger charge is 2.44. The van der Waals surface area contributed by atoms with Gasteiger partial charge in [0.25, 0.3) is 0 Å². The van der Waals surface area contributed by atoms with Crippen molar-refractivity contribution >= 4 is 17.5 Å². The Hall–Kier alpha value is -1.85. The van der Waals surface area contributed by atoms with Crippen LogP contribution in [0.3, 0.4) is 0 Å². The van der Waals surface area contributed by atoms with Gasteiger partial charge in [-0.05, 0) is 36.6 Å². The lowest BCUT2D eigenvalue weighted by atomic mass is 9.68. The summed E-state index contributed by atoms with van der Waals surface area (Å²) in [4.78, 5) is 15.6. The molecule has 1 aliphatic heterocycles. The van der Waals surface area contributed by atoms with Gasteiger partial charge in [0.05, 0.1) is 36.5 Å². The topological polar surface area (TPSA) is 58.4 Å². The Labute approximate surface area is 158 Å². The largest absolute Gasteiger partial charge is 0.390 e. The number of hydrogen-bond donors (Lipinski definition) is 1. The van der Waals surface area contributed by atoms with Gasteiger partial charge in [0.15, 0.2) is 0 Å². The molecule has 5 nitrogen and oxygen atoms in total. The average Bonchev–Trinajstić information content (AvgIpc) is 3.11. The van der Waals surface area contributed by atoms with Crippen molar-refractivity contribution < 1.29 is 9.90 Å². The second-order valence-corrected chi connectivity index (χ2v) is 7.82. The second-order valence-electron chi connectivity index (χ2n) is 7.38. The minimum absolute atomic E-state index is 0.0668. The molecule has 1 aromatic heterocycles. The Bertz CT molecular complexity index is 794. The first kappa shape index (κ1) is 17.6. The van der Waals surface area contributed by atoms with Crippen LogP contribution >= 0.6 is 11.6 Å². The van der Waals surface area contributed by atoms with Crippen molar-refractivity contribution in [2.75, 3.05) is 6.54 Å². The third kappa shape index (κ3) is 3.03. The van der Waals surface area contributed by atoms with Crippen molar-refractivity contribution in [3.05, 3.63) is 52.3 Å². The highest BCUT2D eigenvalue weighted by Crippen LogP contribution is 2.42. The van der Waals surface area contributed by atoms with Gasteiger partial charge >= 0.3 is 0 Å². The van der Waals surface area contributed by atoms with E-state index >= 15 is 0 Å². The number of rotatable bonds is 3. The number of aromatic nitrogens is 2. The molecular formula is C20H24ClN3O2. The zero-order valence-corrected chi connectivity index (χ0v) is 15.6. The summed E-state index contributed by atoms with van der Waals surface area (Å²) in [6.07, 6.45) is 5.13. The third-order valence-electron chi connectivity index (χ3n) is 5.81. The fourth-order valence-corrected chi connectivity index (χ4v) is 4.56. The van der Waals surface area contributed by atoms with Crippen LogP contribution in [0.5, 0.6) is 0 Å². The van der Waals surface area contributed by atoms with Gasteiger partial charge in [0, 0.05) is 11.6 Å². The molecule has 1 amide bonds. The maximum atomic E-state index is 13.7. The summed E-state index contributed by atoms with van der Waals surface area (Å²) in [5, 5.41) is 14.4. The predicted octanol–water partition coefficient (Wildman–Crippen LogP) is 3.27. The van der Waals surface area contributed by atoms with Crippen LogP contribution in [0.25, 0.3) is 0 Å². The zero-order valence-electron chi connectivity index (χ0n) is 14.8. The van der Waals surface area contributed by atoms with E-state index in [1.165, 1.54) is 6.42 Å². The quantitative estimate of drug-likeness (QED) is 0.898. The van der Waals surface area contributed by atoms with E-state index in [9.17, 15) is 9.90 Å². The molecule has 4 rings (SSSR count). The number of aliphatic hydroxyl groups excluding tert-OH is 1. The number of aliphatic hydroxyl groups is 1. The molecule has 2 heterocycles. The van der Waals surface area contributed by atoms with Crippen molar-refractivity contribution in [1.29, 1.82) is 0 Å². The van der Waals surface area contributed by atoms with Crippen LogP contribution < -0.4 is 0 Å². The molecule has 0 unspecified atom stereocenters. The van der Waals surface area contributed by atoms with Crippen molar-refractivity contribution in [3.63, 3.8) is 0 Å². The van der Waals surface area contributed by atoms with Gasteiger partial charge < -0.3 is 10.0 Å². The minimum atomic E-state index is -0.440. The average molecular weight is 374 g/mol. The number of halogens is 1. The molecule has 0 saturated heterocycles. The minimum Gasteiger partial charge on any atom is -0.390 e. The number of carbonyl (C=O) groups is 1. The number of benzene rings is 1. The molecule has 6 heteroatoms. The van der Waals surface area contributed by atoms with Crippen LogP contribution in [0.4, 0.5) is 0 Å². The van der Waals surface area contributed by atoms with Gasteiger partial charge in [-0.3, -0.25) is 9.48 Å². The number of hydrogen-bond acceptors (Lipinski definition) is 3. The lowest BCUT2D eigenvalue weighted by Gasteiger charge is -2.41. The Kier molecular flexibility index (Phi) is 4.76. The van der Waals surface area contributed by atoms with Gasteiger partial charge in [-0.15, -0.1) is 0 Å². The molecule has 1 fully saturated rings. The Morgan fingerprint density at radius 1 is 1.15 bits per heavy atom. The van der Waals surface area contributed by atoms with E-state index in [2.05, 4.69) is 5.10 Å². The highest BCUT2D eigenvalue weighted by atomic mass is 35.5. The van der Waals surface area contributed by atoms with E-state index in [4.69, 9.17) is 11.6 Å². The summed E-state index contributed by atoms with van der Waals surface area (Å²) in [7, 11) is 0. The van der Waals surface area contributed by atoms with E-state index in [0.29, 0.717) is 30.4 Å². The molecule has 0 spiro atoms. The lowest BCUT2D eigenvalue weighted by Crippen LogP contribution is -2.50. The summed E-state index contributed by atoms with van der Waals surface area (Å²) >= 11 is 6.07. The van der Waals surface area contributed by atoms with Gasteiger partial charge in [0.1, 0.15) is 0 Å². The molecule has 0 radical (unpaired) electrons. The van der Waals surface area contributed by atoms with Gasteiger partial charge in [-0.1, -0.05) is 43.0 Å². The molecule has 1 N–H and O–H groups in total. The van der Waals surface area contributed by atoms with E-state index in [0.717, 1.165) is 36.9 Å². The normalized spacial score (nSPS) is 19.2. The maximum Gasteiger partial charge on any atom is 0.233 e. The maximum absolute atomic E-state index is 13.7. The number of fused-ring (bicyclic) bond motifs is 1. The van der Waals surface area contributed by atoms with Gasteiger partial charge in [0.2, 0.25) is 5.91 Å². The van der Waals surface area contributed by atoms with Crippen LogP contribution in [-0.4, -0.2) is 32.2 Å². The Balaban J connectivity index is 1.64. The van der Waals surface area contributed by atoms with Crippen molar-refractivity contribution in [2.45, 2.75) is 57.2 Å². The third-order valence-corrected chi connectivity index (χ3v) is 6.06. The molecule has 1 aromatic carbocycles. The smallest absolute Gasteiger partial charge is 0.233 e. The standard InChI is InChI=1S/C20H24ClN3O2/c21-16-6-4-15(5-7-16)20(8-2-1-3-9-20)19(26)23-10-11-24-18(13-23)12-17(14-25)22-24/h4-7,12,25H,1-3,8-11,13-14H2. The number of carbonyl (C=O) groups excluding carboxylic acids is 1. The summed E-state index contributed by atoms with van der Waals surface area (Å²) in [6.45, 7) is 1.83. The van der Waals surface area contributed by atoms with Crippen LogP contribution in [0, 0.1) is 0 Å². The second kappa shape index (κ2) is 7.05. The summed E-state index contributed by atoms with van der Waals surface area (Å²) in [5.41, 5.74) is 2.31. The summed E-state index contributed by atoms with van der Waals surface area (Å²) in [5.74, 6) is 0.220. The first-order chi connectivity index (χ1) is 12.6. The molecule has 1 saturated carbocycles. The zero-order chi connectivity index (χ0) is 18.1. The van der Waals surface area contributed by atoms with Crippen LogP contribution in [-0.2, 0) is 29.9 Å². The van der Waals surface area contributed by atoms with Crippen LogP contribution in [0.2, 0.25) is 5.02 Å². The number of amides is 1. The van der Waals surface area contributed by atoms with Crippen molar-refractivity contribution in [2.24, 2.45) is 0 Å². The lowest BCUT2D eigenvalue weighted by molar-refractivity contribution is -0.140.